The standard InChI is InChI=1S/C21H24F3N5O3S/c1-9-15(19-28-12-5-3-4-6-14(12)33-19)18(29-20(26-9)25-8-21(22,23)24)27-13-7-11(10(2)30)16(31)17(13)32/h3-6,10-11,13,16-17,30-32H,7-8H2,1-2H3,(H2,25,26,27,29). The number of aryl methyl sites for hydroxylation is 1. The van der Waals surface area contributed by atoms with Crippen molar-refractivity contribution in [2.45, 2.75) is 50.8 Å². The van der Waals surface area contributed by atoms with Gasteiger partial charge in [-0.1, -0.05) is 12.1 Å². The minimum absolute atomic E-state index is 0.189. The van der Waals surface area contributed by atoms with Gasteiger partial charge < -0.3 is 26.0 Å². The first-order chi connectivity index (χ1) is 15.5. The summed E-state index contributed by atoms with van der Waals surface area (Å²) < 4.78 is 39.1. The predicted molar refractivity (Wildman–Crippen MR) is 119 cm³/mol. The molecule has 4 rings (SSSR count). The number of halogens is 3. The van der Waals surface area contributed by atoms with E-state index < -0.39 is 43.0 Å². The summed E-state index contributed by atoms with van der Waals surface area (Å²) >= 11 is 1.38. The Hall–Kier alpha value is -2.54. The SMILES string of the molecule is Cc1nc(NCC(F)(F)F)nc(NC2CC(C(C)O)C(O)C2O)c1-c1nc2ccccc2s1. The lowest BCUT2D eigenvalue weighted by Gasteiger charge is -2.21. The molecule has 178 valence electrons. The summed E-state index contributed by atoms with van der Waals surface area (Å²) in [4.78, 5) is 13.1. The number of hydrogen-bond donors (Lipinski definition) is 5. The number of thiazole rings is 1. The Kier molecular flexibility index (Phi) is 6.45. The number of anilines is 2. The molecule has 5 atom stereocenters. The van der Waals surface area contributed by atoms with E-state index in [1.807, 2.05) is 24.3 Å². The van der Waals surface area contributed by atoms with Crippen molar-refractivity contribution in [3.63, 3.8) is 0 Å². The number of alkyl halides is 3. The Labute approximate surface area is 191 Å². The Balaban J connectivity index is 1.74. The van der Waals surface area contributed by atoms with Crippen molar-refractivity contribution >= 4 is 33.3 Å². The van der Waals surface area contributed by atoms with Crippen LogP contribution in [0.2, 0.25) is 0 Å². The van der Waals surface area contributed by atoms with Crippen molar-refractivity contribution in [3.8, 4) is 10.6 Å². The lowest BCUT2D eigenvalue weighted by molar-refractivity contribution is -0.115. The van der Waals surface area contributed by atoms with Gasteiger partial charge in [0.05, 0.1) is 39.7 Å². The largest absolute Gasteiger partial charge is 0.405 e. The van der Waals surface area contributed by atoms with Gasteiger partial charge in [-0.2, -0.15) is 18.2 Å². The van der Waals surface area contributed by atoms with Crippen molar-refractivity contribution < 1.29 is 28.5 Å². The number of aromatic nitrogens is 3. The van der Waals surface area contributed by atoms with Crippen LogP contribution in [0.3, 0.4) is 0 Å². The average Bonchev–Trinajstić information content (AvgIpc) is 3.28. The normalized spacial score (nSPS) is 24.2. The van der Waals surface area contributed by atoms with Gasteiger partial charge in [-0.15, -0.1) is 11.3 Å². The second-order valence-corrected chi connectivity index (χ2v) is 9.21. The third-order valence-electron chi connectivity index (χ3n) is 5.71. The summed E-state index contributed by atoms with van der Waals surface area (Å²) in [5.41, 5.74) is 1.65. The van der Waals surface area contributed by atoms with Crippen LogP contribution >= 0.6 is 11.3 Å². The van der Waals surface area contributed by atoms with Crippen LogP contribution in [0.1, 0.15) is 19.0 Å². The van der Waals surface area contributed by atoms with E-state index in [9.17, 15) is 28.5 Å². The van der Waals surface area contributed by atoms with Gasteiger partial charge in [0.2, 0.25) is 5.95 Å². The summed E-state index contributed by atoms with van der Waals surface area (Å²) in [5, 5.41) is 36.6. The number of benzene rings is 1. The summed E-state index contributed by atoms with van der Waals surface area (Å²) in [6.07, 6.45) is -7.41. The van der Waals surface area contributed by atoms with Crippen LogP contribution in [0.25, 0.3) is 20.8 Å². The number of nitrogens with one attached hydrogen (secondary N) is 2. The fraction of sp³-hybridized carbons (Fsp3) is 0.476. The molecule has 0 aliphatic heterocycles. The number of rotatable bonds is 6. The topological polar surface area (TPSA) is 123 Å². The number of fused-ring (bicyclic) bond motifs is 1. The van der Waals surface area contributed by atoms with Crippen molar-refractivity contribution in [3.05, 3.63) is 30.0 Å². The highest BCUT2D eigenvalue weighted by molar-refractivity contribution is 7.21. The molecule has 0 bridgehead atoms. The molecule has 33 heavy (non-hydrogen) atoms. The third kappa shape index (κ3) is 5.03. The zero-order valence-electron chi connectivity index (χ0n) is 17.8. The highest BCUT2D eigenvalue weighted by atomic mass is 32.1. The molecule has 1 fully saturated rings. The third-order valence-corrected chi connectivity index (χ3v) is 6.77. The summed E-state index contributed by atoms with van der Waals surface area (Å²) in [7, 11) is 0. The zero-order valence-corrected chi connectivity index (χ0v) is 18.7. The molecule has 0 saturated heterocycles. The van der Waals surface area contributed by atoms with Gasteiger partial charge in [0.1, 0.15) is 23.5 Å². The molecule has 0 spiro atoms. The van der Waals surface area contributed by atoms with Crippen LogP contribution in [-0.4, -0.2) is 67.3 Å². The van der Waals surface area contributed by atoms with Gasteiger partial charge in [0, 0.05) is 5.92 Å². The molecular weight excluding hydrogens is 459 g/mol. The van der Waals surface area contributed by atoms with Crippen LogP contribution in [0.5, 0.6) is 0 Å². The number of nitrogens with zero attached hydrogens (tertiary/aromatic N) is 3. The Bertz CT molecular complexity index is 1110. The monoisotopic (exact) mass is 483 g/mol. The molecule has 2 heterocycles. The van der Waals surface area contributed by atoms with Crippen molar-refractivity contribution in [1.82, 2.24) is 15.0 Å². The van der Waals surface area contributed by atoms with E-state index >= 15 is 0 Å². The van der Waals surface area contributed by atoms with Gasteiger partial charge in [-0.3, -0.25) is 0 Å². The Morgan fingerprint density at radius 3 is 2.52 bits per heavy atom. The van der Waals surface area contributed by atoms with E-state index in [2.05, 4.69) is 25.6 Å². The van der Waals surface area contributed by atoms with Gasteiger partial charge >= 0.3 is 6.18 Å². The van der Waals surface area contributed by atoms with Gasteiger partial charge in [-0.25, -0.2) is 9.97 Å². The fourth-order valence-corrected chi connectivity index (χ4v) is 5.10. The first-order valence-corrected chi connectivity index (χ1v) is 11.2. The number of hydrogen-bond acceptors (Lipinski definition) is 9. The number of aliphatic hydroxyl groups is 3. The zero-order chi connectivity index (χ0) is 23.9. The van der Waals surface area contributed by atoms with Crippen LogP contribution in [0, 0.1) is 12.8 Å². The number of aliphatic hydroxyl groups excluding tert-OH is 3. The van der Waals surface area contributed by atoms with Crippen LogP contribution in [0.4, 0.5) is 24.9 Å². The molecule has 1 saturated carbocycles. The predicted octanol–water partition coefficient (Wildman–Crippen LogP) is 2.94. The molecule has 12 heteroatoms. The lowest BCUT2D eigenvalue weighted by Crippen LogP contribution is -2.36. The van der Waals surface area contributed by atoms with E-state index in [1.165, 1.54) is 18.3 Å². The molecule has 5 unspecified atom stereocenters. The molecule has 0 radical (unpaired) electrons. The van der Waals surface area contributed by atoms with E-state index in [4.69, 9.17) is 0 Å². The van der Waals surface area contributed by atoms with Crippen molar-refractivity contribution in [1.29, 1.82) is 0 Å². The minimum atomic E-state index is -4.45. The van der Waals surface area contributed by atoms with Crippen LogP contribution in [0.15, 0.2) is 24.3 Å². The minimum Gasteiger partial charge on any atom is -0.393 e. The first-order valence-electron chi connectivity index (χ1n) is 10.4. The lowest BCUT2D eigenvalue weighted by atomic mass is 10.00. The molecule has 5 N–H and O–H groups in total. The maximum Gasteiger partial charge on any atom is 0.405 e. The second kappa shape index (κ2) is 9.01. The summed E-state index contributed by atoms with van der Waals surface area (Å²) in [5.74, 6) is -0.597. The maximum atomic E-state index is 12.7. The van der Waals surface area contributed by atoms with E-state index in [1.54, 1.807) is 6.92 Å². The quantitative estimate of drug-likeness (QED) is 0.363. The van der Waals surface area contributed by atoms with E-state index in [0.29, 0.717) is 16.3 Å². The fourth-order valence-electron chi connectivity index (χ4n) is 4.04. The average molecular weight is 484 g/mol. The Morgan fingerprint density at radius 2 is 1.88 bits per heavy atom. The first kappa shape index (κ1) is 23.6. The summed E-state index contributed by atoms with van der Waals surface area (Å²) in [6, 6.07) is 6.80. The molecule has 3 aromatic rings. The maximum absolute atomic E-state index is 12.7. The van der Waals surface area contributed by atoms with Gasteiger partial charge in [0.25, 0.3) is 0 Å². The van der Waals surface area contributed by atoms with Gasteiger partial charge in [-0.05, 0) is 32.4 Å². The molecular formula is C21H24F3N5O3S. The molecule has 2 aromatic heterocycles. The molecule has 0 amide bonds. The molecule has 8 nitrogen and oxygen atoms in total. The van der Waals surface area contributed by atoms with Crippen LogP contribution in [-0.2, 0) is 0 Å². The van der Waals surface area contributed by atoms with Gasteiger partial charge in [0.15, 0.2) is 0 Å². The smallest absolute Gasteiger partial charge is 0.393 e. The van der Waals surface area contributed by atoms with Crippen LogP contribution < -0.4 is 10.6 Å². The van der Waals surface area contributed by atoms with E-state index in [0.717, 1.165) is 10.2 Å². The number of para-hydroxylation sites is 1. The molecule has 1 aliphatic rings. The highest BCUT2D eigenvalue weighted by Crippen LogP contribution is 2.38. The second-order valence-electron chi connectivity index (χ2n) is 8.18. The molecule has 1 aromatic carbocycles. The van der Waals surface area contributed by atoms with Crippen molar-refractivity contribution in [2.24, 2.45) is 5.92 Å². The highest BCUT2D eigenvalue weighted by Gasteiger charge is 2.44. The Morgan fingerprint density at radius 1 is 1.15 bits per heavy atom. The van der Waals surface area contributed by atoms with Crippen molar-refractivity contribution in [2.75, 3.05) is 17.2 Å². The van der Waals surface area contributed by atoms with E-state index in [-0.39, 0.29) is 18.2 Å². The molecule has 1 aliphatic carbocycles. The summed E-state index contributed by atoms with van der Waals surface area (Å²) in [6.45, 7) is 1.87.